The van der Waals surface area contributed by atoms with Gasteiger partial charge in [-0.2, -0.15) is 0 Å². The molecular formula is C26H25N5O2. The maximum atomic E-state index is 12.5. The predicted octanol–water partition coefficient (Wildman–Crippen LogP) is 3.56. The fraction of sp³-hybridized carbons (Fsp3) is 0.192. The number of cyclic esters (lactones) is 1. The highest BCUT2D eigenvalue weighted by Crippen LogP contribution is 2.24. The van der Waals surface area contributed by atoms with Crippen molar-refractivity contribution in [2.24, 2.45) is 15.7 Å². The molecule has 7 nitrogen and oxygen atoms in total. The van der Waals surface area contributed by atoms with Crippen molar-refractivity contribution < 1.29 is 9.53 Å². The zero-order chi connectivity index (χ0) is 22.8. The van der Waals surface area contributed by atoms with Crippen molar-refractivity contribution in [2.75, 3.05) is 26.2 Å². The smallest absolute Gasteiger partial charge is 0.365 e. The molecule has 0 atom stereocenters. The molecule has 2 heterocycles. The summed E-state index contributed by atoms with van der Waals surface area (Å²) in [5, 5.41) is 2.08. The van der Waals surface area contributed by atoms with Gasteiger partial charge in [-0.3, -0.25) is 0 Å². The highest BCUT2D eigenvalue weighted by molar-refractivity contribution is 6.16. The third-order valence-corrected chi connectivity index (χ3v) is 5.93. The fourth-order valence-corrected chi connectivity index (χ4v) is 4.06. The van der Waals surface area contributed by atoms with Gasteiger partial charge in [0.25, 0.3) is 0 Å². The summed E-state index contributed by atoms with van der Waals surface area (Å²) in [5.74, 6) is 0.422. The van der Waals surface area contributed by atoms with Crippen LogP contribution in [0.25, 0.3) is 10.8 Å². The Morgan fingerprint density at radius 2 is 1.73 bits per heavy atom. The SMILES string of the molecule is Cc1ccccc1N=C(N)N1CCN(/C=C2/N=C(c3cccc4ccccc34)OC2=O)CC1. The lowest BCUT2D eigenvalue weighted by atomic mass is 10.0. The van der Waals surface area contributed by atoms with Crippen molar-refractivity contribution in [3.05, 3.63) is 89.8 Å². The zero-order valence-corrected chi connectivity index (χ0v) is 18.4. The van der Waals surface area contributed by atoms with Crippen LogP contribution in [0.5, 0.6) is 0 Å². The number of hydrogen-bond donors (Lipinski definition) is 1. The molecule has 2 aliphatic heterocycles. The first kappa shape index (κ1) is 20.8. The number of nitrogens with two attached hydrogens (primary N) is 1. The maximum absolute atomic E-state index is 12.5. The van der Waals surface area contributed by atoms with E-state index < -0.39 is 5.97 Å². The average Bonchev–Trinajstić information content (AvgIpc) is 3.20. The zero-order valence-electron chi connectivity index (χ0n) is 18.4. The quantitative estimate of drug-likeness (QED) is 0.292. The minimum absolute atomic E-state index is 0.313. The third kappa shape index (κ3) is 4.30. The van der Waals surface area contributed by atoms with E-state index in [2.05, 4.69) is 19.8 Å². The molecule has 0 unspecified atom stereocenters. The normalized spacial score (nSPS) is 18.1. The lowest BCUT2D eigenvalue weighted by Crippen LogP contribution is -2.49. The molecule has 3 aromatic carbocycles. The van der Waals surface area contributed by atoms with Gasteiger partial charge in [-0.25, -0.2) is 14.8 Å². The number of hydrogen-bond acceptors (Lipinski definition) is 5. The number of esters is 1. The molecule has 0 amide bonds. The van der Waals surface area contributed by atoms with Crippen LogP contribution in [0, 0.1) is 6.92 Å². The Balaban J connectivity index is 1.29. The van der Waals surface area contributed by atoms with Crippen molar-refractivity contribution in [3.8, 4) is 0 Å². The van der Waals surface area contributed by atoms with Crippen LogP contribution < -0.4 is 5.73 Å². The second-order valence-corrected chi connectivity index (χ2v) is 8.13. The Hall–Kier alpha value is -4.13. The molecule has 0 aromatic heterocycles. The second-order valence-electron chi connectivity index (χ2n) is 8.13. The molecule has 0 radical (unpaired) electrons. The minimum atomic E-state index is -0.430. The van der Waals surface area contributed by atoms with Crippen molar-refractivity contribution in [1.29, 1.82) is 0 Å². The van der Waals surface area contributed by atoms with Crippen LogP contribution >= 0.6 is 0 Å². The van der Waals surface area contributed by atoms with E-state index in [4.69, 9.17) is 10.5 Å². The number of benzene rings is 3. The first-order chi connectivity index (χ1) is 16.1. The Morgan fingerprint density at radius 1 is 1.00 bits per heavy atom. The van der Waals surface area contributed by atoms with Gasteiger partial charge < -0.3 is 20.3 Å². The van der Waals surface area contributed by atoms with Gasteiger partial charge in [0.1, 0.15) is 0 Å². The number of carbonyl (C=O) groups is 1. The van der Waals surface area contributed by atoms with Crippen LogP contribution in [0.4, 0.5) is 5.69 Å². The summed E-state index contributed by atoms with van der Waals surface area (Å²) in [6.07, 6.45) is 1.78. The van der Waals surface area contributed by atoms with E-state index in [1.165, 1.54) is 0 Å². The number of rotatable bonds is 3. The number of aryl methyl sites for hydroxylation is 1. The van der Waals surface area contributed by atoms with Crippen LogP contribution in [-0.4, -0.2) is 53.8 Å². The van der Waals surface area contributed by atoms with Crippen molar-refractivity contribution in [3.63, 3.8) is 0 Å². The van der Waals surface area contributed by atoms with Crippen LogP contribution in [0.3, 0.4) is 0 Å². The first-order valence-corrected chi connectivity index (χ1v) is 11.0. The van der Waals surface area contributed by atoms with Gasteiger partial charge in [-0.1, -0.05) is 54.6 Å². The van der Waals surface area contributed by atoms with Crippen LogP contribution in [-0.2, 0) is 9.53 Å². The molecule has 0 bridgehead atoms. The van der Waals surface area contributed by atoms with Crippen molar-refractivity contribution >= 4 is 34.3 Å². The number of nitrogens with zero attached hydrogens (tertiary/aromatic N) is 4. The lowest BCUT2D eigenvalue weighted by Gasteiger charge is -2.34. The summed E-state index contributed by atoms with van der Waals surface area (Å²) >= 11 is 0. The molecule has 1 fully saturated rings. The number of para-hydroxylation sites is 1. The predicted molar refractivity (Wildman–Crippen MR) is 130 cm³/mol. The molecule has 33 heavy (non-hydrogen) atoms. The van der Waals surface area contributed by atoms with Gasteiger partial charge >= 0.3 is 5.97 Å². The van der Waals surface area contributed by atoms with Gasteiger partial charge in [0.2, 0.25) is 5.90 Å². The average molecular weight is 440 g/mol. The second kappa shape index (κ2) is 8.78. The molecule has 2 N–H and O–H groups in total. The summed E-state index contributed by atoms with van der Waals surface area (Å²) in [4.78, 5) is 25.7. The molecule has 0 saturated carbocycles. The van der Waals surface area contributed by atoms with E-state index in [1.807, 2.05) is 73.7 Å². The van der Waals surface area contributed by atoms with E-state index in [0.29, 0.717) is 43.7 Å². The topological polar surface area (TPSA) is 83.5 Å². The van der Waals surface area contributed by atoms with Gasteiger partial charge in [-0.05, 0) is 35.4 Å². The number of fused-ring (bicyclic) bond motifs is 1. The summed E-state index contributed by atoms with van der Waals surface area (Å²) in [7, 11) is 0. The number of carbonyl (C=O) groups excluding carboxylic acids is 1. The summed E-state index contributed by atoms with van der Waals surface area (Å²) in [5.41, 5.74) is 9.35. The lowest BCUT2D eigenvalue weighted by molar-refractivity contribution is -0.130. The molecule has 2 aliphatic rings. The molecule has 3 aromatic rings. The minimum Gasteiger partial charge on any atom is -0.402 e. The Bertz CT molecular complexity index is 1300. The highest BCUT2D eigenvalue weighted by Gasteiger charge is 2.27. The number of guanidine groups is 1. The van der Waals surface area contributed by atoms with E-state index in [-0.39, 0.29) is 0 Å². The van der Waals surface area contributed by atoms with Crippen LogP contribution in [0.15, 0.2) is 88.6 Å². The highest BCUT2D eigenvalue weighted by atomic mass is 16.6. The van der Waals surface area contributed by atoms with Crippen molar-refractivity contribution in [1.82, 2.24) is 9.80 Å². The van der Waals surface area contributed by atoms with E-state index >= 15 is 0 Å². The molecule has 1 saturated heterocycles. The Morgan fingerprint density at radius 3 is 2.55 bits per heavy atom. The van der Waals surface area contributed by atoms with Gasteiger partial charge in [0.15, 0.2) is 11.7 Å². The molecular weight excluding hydrogens is 414 g/mol. The molecule has 0 aliphatic carbocycles. The Kier molecular flexibility index (Phi) is 5.52. The van der Waals surface area contributed by atoms with E-state index in [0.717, 1.165) is 27.6 Å². The monoisotopic (exact) mass is 439 g/mol. The summed E-state index contributed by atoms with van der Waals surface area (Å²) in [6.45, 7) is 4.85. The number of piperazine rings is 1. The van der Waals surface area contributed by atoms with Gasteiger partial charge in [-0.15, -0.1) is 0 Å². The largest absolute Gasteiger partial charge is 0.402 e. The molecule has 5 rings (SSSR count). The fourth-order valence-electron chi connectivity index (χ4n) is 4.06. The van der Waals surface area contributed by atoms with Gasteiger partial charge in [0, 0.05) is 37.9 Å². The summed E-state index contributed by atoms with van der Waals surface area (Å²) < 4.78 is 5.51. The molecule has 7 heteroatoms. The van der Waals surface area contributed by atoms with E-state index in [1.54, 1.807) is 6.20 Å². The van der Waals surface area contributed by atoms with E-state index in [9.17, 15) is 4.79 Å². The number of ether oxygens (including phenoxy) is 1. The Labute approximate surface area is 192 Å². The standard InChI is InChI=1S/C26H25N5O2/c1-18-7-2-5-12-22(18)29-26(27)31-15-13-30(14-16-31)17-23-25(32)33-24(28-23)21-11-6-9-19-8-3-4-10-20(19)21/h2-12,17H,13-16H2,1H3,(H2,27,29)/b23-17+. The molecule has 0 spiro atoms. The van der Waals surface area contributed by atoms with Crippen molar-refractivity contribution in [2.45, 2.75) is 6.92 Å². The number of aliphatic imine (C=N–C) groups is 2. The maximum Gasteiger partial charge on any atom is 0.365 e. The first-order valence-electron chi connectivity index (χ1n) is 11.0. The van der Waals surface area contributed by atoms with Crippen LogP contribution in [0.2, 0.25) is 0 Å². The third-order valence-electron chi connectivity index (χ3n) is 5.93. The molecule has 166 valence electrons. The van der Waals surface area contributed by atoms with Gasteiger partial charge in [0.05, 0.1) is 5.69 Å². The summed E-state index contributed by atoms with van der Waals surface area (Å²) in [6, 6.07) is 21.8. The van der Waals surface area contributed by atoms with Crippen LogP contribution in [0.1, 0.15) is 11.1 Å².